The fraction of sp³-hybridized carbons (Fsp3) is 0.0588. The van der Waals surface area contributed by atoms with E-state index in [0.29, 0.717) is 5.69 Å². The third-order valence-corrected chi connectivity index (χ3v) is 4.46. The van der Waals surface area contributed by atoms with Gasteiger partial charge in [0.15, 0.2) is 0 Å². The molecule has 0 saturated carbocycles. The smallest absolute Gasteiger partial charge is 0.238 e. The number of nitriles is 1. The zero-order chi connectivity index (χ0) is 17.2. The van der Waals surface area contributed by atoms with Gasteiger partial charge in [0, 0.05) is 17.3 Å². The van der Waals surface area contributed by atoms with Crippen LogP contribution in [-0.2, 0) is 16.6 Å². The van der Waals surface area contributed by atoms with Crippen LogP contribution < -0.4 is 5.14 Å². The predicted molar refractivity (Wildman–Crippen MR) is 90.1 cm³/mol. The fourth-order valence-electron chi connectivity index (χ4n) is 2.42. The molecule has 1 heterocycles. The lowest BCUT2D eigenvalue weighted by Gasteiger charge is -2.04. The Morgan fingerprint density at radius 2 is 1.71 bits per heavy atom. The molecule has 0 aliphatic rings. The standard InChI is InChI=1S/C17H14N4O2S/c18-10-11-21-12-16(13-4-2-1-3-5-13)17(20-21)14-6-8-15(9-7-14)24(19,22)23/h1-9,12H,11H2,(H2,19,22,23). The van der Waals surface area contributed by atoms with Crippen LogP contribution in [-0.4, -0.2) is 18.2 Å². The zero-order valence-corrected chi connectivity index (χ0v) is 13.4. The van der Waals surface area contributed by atoms with Crippen molar-refractivity contribution in [3.8, 4) is 28.5 Å². The highest BCUT2D eigenvalue weighted by Crippen LogP contribution is 2.31. The topological polar surface area (TPSA) is 102 Å². The van der Waals surface area contributed by atoms with E-state index in [2.05, 4.69) is 11.2 Å². The van der Waals surface area contributed by atoms with Crippen molar-refractivity contribution in [2.24, 2.45) is 5.14 Å². The average Bonchev–Trinajstić information content (AvgIpc) is 2.99. The lowest BCUT2D eigenvalue weighted by atomic mass is 10.0. The third-order valence-electron chi connectivity index (χ3n) is 3.54. The van der Waals surface area contributed by atoms with Gasteiger partial charge in [-0.05, 0) is 17.7 Å². The van der Waals surface area contributed by atoms with Gasteiger partial charge < -0.3 is 0 Å². The molecular formula is C17H14N4O2S. The molecule has 0 atom stereocenters. The van der Waals surface area contributed by atoms with Crippen molar-refractivity contribution < 1.29 is 8.42 Å². The van der Waals surface area contributed by atoms with E-state index >= 15 is 0 Å². The molecule has 0 bridgehead atoms. The number of aromatic nitrogens is 2. The van der Waals surface area contributed by atoms with Crippen LogP contribution in [0.5, 0.6) is 0 Å². The highest BCUT2D eigenvalue weighted by Gasteiger charge is 2.14. The van der Waals surface area contributed by atoms with Crippen LogP contribution in [0.3, 0.4) is 0 Å². The first-order valence-electron chi connectivity index (χ1n) is 7.12. The van der Waals surface area contributed by atoms with Crippen molar-refractivity contribution >= 4 is 10.0 Å². The van der Waals surface area contributed by atoms with Gasteiger partial charge in [0.2, 0.25) is 10.0 Å². The minimum atomic E-state index is -3.74. The Morgan fingerprint density at radius 3 is 2.29 bits per heavy atom. The van der Waals surface area contributed by atoms with Crippen molar-refractivity contribution in [2.45, 2.75) is 11.4 Å². The van der Waals surface area contributed by atoms with Gasteiger partial charge in [0.05, 0.1) is 11.0 Å². The maximum atomic E-state index is 11.4. The van der Waals surface area contributed by atoms with E-state index in [1.807, 2.05) is 36.5 Å². The van der Waals surface area contributed by atoms with E-state index in [1.54, 1.807) is 16.8 Å². The zero-order valence-electron chi connectivity index (χ0n) is 12.6. The second kappa shape index (κ2) is 6.28. The maximum absolute atomic E-state index is 11.4. The van der Waals surface area contributed by atoms with E-state index < -0.39 is 10.0 Å². The summed E-state index contributed by atoms with van der Waals surface area (Å²) in [7, 11) is -3.74. The Kier molecular flexibility index (Phi) is 4.16. The van der Waals surface area contributed by atoms with Gasteiger partial charge in [-0.2, -0.15) is 10.4 Å². The fourth-order valence-corrected chi connectivity index (χ4v) is 2.93. The summed E-state index contributed by atoms with van der Waals surface area (Å²) in [6.45, 7) is 0.134. The van der Waals surface area contributed by atoms with Gasteiger partial charge in [-0.25, -0.2) is 13.6 Å². The lowest BCUT2D eigenvalue weighted by Crippen LogP contribution is -2.11. The van der Waals surface area contributed by atoms with Crippen LogP contribution in [0.2, 0.25) is 0 Å². The second-order valence-electron chi connectivity index (χ2n) is 5.18. The Bertz CT molecular complexity index is 1000. The molecule has 0 spiro atoms. The van der Waals surface area contributed by atoms with Gasteiger partial charge in [-0.3, -0.25) is 4.68 Å². The summed E-state index contributed by atoms with van der Waals surface area (Å²) in [5, 5.41) is 18.5. The number of nitrogens with zero attached hydrogens (tertiary/aromatic N) is 3. The summed E-state index contributed by atoms with van der Waals surface area (Å²) in [4.78, 5) is 0.0453. The first-order chi connectivity index (χ1) is 11.5. The number of nitrogens with two attached hydrogens (primary N) is 1. The van der Waals surface area contributed by atoms with Gasteiger partial charge in [0.25, 0.3) is 0 Å². The maximum Gasteiger partial charge on any atom is 0.238 e. The van der Waals surface area contributed by atoms with Crippen molar-refractivity contribution in [3.05, 3.63) is 60.8 Å². The first kappa shape index (κ1) is 15.9. The van der Waals surface area contributed by atoms with Crippen molar-refractivity contribution in [1.82, 2.24) is 9.78 Å². The van der Waals surface area contributed by atoms with Crippen LogP contribution in [0.15, 0.2) is 65.7 Å². The summed E-state index contributed by atoms with van der Waals surface area (Å²) in [5.74, 6) is 0. The molecule has 120 valence electrons. The monoisotopic (exact) mass is 338 g/mol. The number of hydrogen-bond donors (Lipinski definition) is 1. The van der Waals surface area contributed by atoms with Crippen LogP contribution >= 0.6 is 0 Å². The van der Waals surface area contributed by atoms with Crippen LogP contribution in [0.1, 0.15) is 0 Å². The molecule has 7 heteroatoms. The summed E-state index contributed by atoms with van der Waals surface area (Å²) >= 11 is 0. The molecule has 0 saturated heterocycles. The molecule has 0 radical (unpaired) electrons. The molecule has 24 heavy (non-hydrogen) atoms. The Morgan fingerprint density at radius 1 is 1.04 bits per heavy atom. The normalized spacial score (nSPS) is 11.2. The number of sulfonamides is 1. The average molecular weight is 338 g/mol. The second-order valence-corrected chi connectivity index (χ2v) is 6.74. The van der Waals surface area contributed by atoms with Gasteiger partial charge >= 0.3 is 0 Å². The lowest BCUT2D eigenvalue weighted by molar-refractivity contribution is 0.598. The number of hydrogen-bond acceptors (Lipinski definition) is 4. The van der Waals surface area contributed by atoms with E-state index in [0.717, 1.165) is 16.7 Å². The predicted octanol–water partition coefficient (Wildman–Crippen LogP) is 2.39. The Balaban J connectivity index is 2.11. The summed E-state index contributed by atoms with van der Waals surface area (Å²) in [6.07, 6.45) is 1.81. The van der Waals surface area contributed by atoms with Crippen molar-refractivity contribution in [3.63, 3.8) is 0 Å². The molecule has 0 amide bonds. The SMILES string of the molecule is N#CCn1cc(-c2ccccc2)c(-c2ccc(S(N)(=O)=O)cc2)n1. The molecule has 0 aliphatic carbocycles. The van der Waals surface area contributed by atoms with Crippen LogP contribution in [0, 0.1) is 11.3 Å². The van der Waals surface area contributed by atoms with Gasteiger partial charge in [0.1, 0.15) is 12.2 Å². The molecule has 3 aromatic rings. The first-order valence-corrected chi connectivity index (χ1v) is 8.67. The molecule has 2 N–H and O–H groups in total. The molecular weight excluding hydrogens is 324 g/mol. The van der Waals surface area contributed by atoms with Crippen molar-refractivity contribution in [1.29, 1.82) is 5.26 Å². The number of primary sulfonamides is 1. The minimum Gasteiger partial charge on any atom is -0.257 e. The summed E-state index contributed by atoms with van der Waals surface area (Å²) in [5.41, 5.74) is 3.26. The quantitative estimate of drug-likeness (QED) is 0.789. The summed E-state index contributed by atoms with van der Waals surface area (Å²) in [6, 6.07) is 17.9. The molecule has 6 nitrogen and oxygen atoms in total. The highest BCUT2D eigenvalue weighted by molar-refractivity contribution is 7.89. The van der Waals surface area contributed by atoms with Gasteiger partial charge in [-0.15, -0.1) is 0 Å². The van der Waals surface area contributed by atoms with Crippen LogP contribution in [0.25, 0.3) is 22.4 Å². The Hall–Kier alpha value is -2.95. The molecule has 0 aliphatic heterocycles. The molecule has 0 fully saturated rings. The summed E-state index contributed by atoms with van der Waals surface area (Å²) < 4.78 is 24.3. The number of benzene rings is 2. The molecule has 3 rings (SSSR count). The van der Waals surface area contributed by atoms with Crippen LogP contribution in [0.4, 0.5) is 0 Å². The number of rotatable bonds is 4. The van der Waals surface area contributed by atoms with Crippen molar-refractivity contribution in [2.75, 3.05) is 0 Å². The van der Waals surface area contributed by atoms with E-state index in [1.165, 1.54) is 12.1 Å². The minimum absolute atomic E-state index is 0.0453. The molecule has 0 unspecified atom stereocenters. The van der Waals surface area contributed by atoms with E-state index in [-0.39, 0.29) is 11.4 Å². The Labute approximate surface area is 139 Å². The van der Waals surface area contributed by atoms with Gasteiger partial charge in [-0.1, -0.05) is 42.5 Å². The van der Waals surface area contributed by atoms with E-state index in [4.69, 9.17) is 10.4 Å². The molecule has 2 aromatic carbocycles. The third kappa shape index (κ3) is 3.20. The molecule has 1 aromatic heterocycles. The highest BCUT2D eigenvalue weighted by atomic mass is 32.2. The largest absolute Gasteiger partial charge is 0.257 e. The van der Waals surface area contributed by atoms with E-state index in [9.17, 15) is 8.42 Å².